The minimum absolute atomic E-state index is 0.00136. The first-order valence-corrected chi connectivity index (χ1v) is 9.59. The van der Waals surface area contributed by atoms with Gasteiger partial charge in [0.05, 0.1) is 34.2 Å². The van der Waals surface area contributed by atoms with Gasteiger partial charge in [-0.25, -0.2) is 4.68 Å². The highest BCUT2D eigenvalue weighted by molar-refractivity contribution is 5.91. The Labute approximate surface area is 184 Å². The topological polar surface area (TPSA) is 140 Å². The van der Waals surface area contributed by atoms with Gasteiger partial charge in [0.25, 0.3) is 5.56 Å². The van der Waals surface area contributed by atoms with E-state index in [2.05, 4.69) is 10.4 Å². The van der Waals surface area contributed by atoms with Crippen LogP contribution < -0.4 is 16.4 Å². The van der Waals surface area contributed by atoms with Crippen LogP contribution in [0.5, 0.6) is 0 Å². The van der Waals surface area contributed by atoms with Crippen LogP contribution >= 0.6 is 0 Å². The van der Waals surface area contributed by atoms with Crippen molar-refractivity contribution in [3.63, 3.8) is 0 Å². The summed E-state index contributed by atoms with van der Waals surface area (Å²) >= 11 is 0. The Hall–Kier alpha value is -4.27. The number of nitriles is 1. The summed E-state index contributed by atoms with van der Waals surface area (Å²) in [6.07, 6.45) is -2.54. The molecule has 2 aromatic heterocycles. The summed E-state index contributed by atoms with van der Waals surface area (Å²) in [5, 5.41) is 30.9. The summed E-state index contributed by atoms with van der Waals surface area (Å²) in [4.78, 5) is 25.4. The number of halogens is 3. The van der Waals surface area contributed by atoms with Gasteiger partial charge in [-0.1, -0.05) is 13.8 Å². The van der Waals surface area contributed by atoms with E-state index in [4.69, 9.17) is 16.1 Å². The van der Waals surface area contributed by atoms with Crippen molar-refractivity contribution in [1.29, 1.82) is 16.1 Å². The minimum atomic E-state index is -4.58. The van der Waals surface area contributed by atoms with Crippen molar-refractivity contribution >= 4 is 28.7 Å². The second kappa shape index (κ2) is 8.70. The van der Waals surface area contributed by atoms with Crippen molar-refractivity contribution in [2.45, 2.75) is 32.5 Å². The number of alkyl halides is 3. The SMILES string of the molecule is CC(C)c1nn(CC(=O)Nc2cc(C#N)c(=N)n(C=N)c2)c(=O)c2ccc(C(F)(F)F)cc12. The maximum atomic E-state index is 13.1. The number of benzene rings is 1. The van der Waals surface area contributed by atoms with Gasteiger partial charge in [-0.15, -0.1) is 0 Å². The van der Waals surface area contributed by atoms with Gasteiger partial charge in [0.2, 0.25) is 5.91 Å². The molecule has 0 bridgehead atoms. The molecular weight excluding hydrogens is 439 g/mol. The Kier molecular flexibility index (Phi) is 6.17. The maximum Gasteiger partial charge on any atom is 0.416 e. The number of pyridine rings is 1. The normalized spacial score (nSPS) is 11.4. The van der Waals surface area contributed by atoms with Gasteiger partial charge in [-0.2, -0.15) is 23.5 Å². The zero-order valence-corrected chi connectivity index (χ0v) is 17.5. The Morgan fingerprint density at radius 3 is 2.58 bits per heavy atom. The molecule has 0 saturated carbocycles. The van der Waals surface area contributed by atoms with Crippen molar-refractivity contribution in [1.82, 2.24) is 14.3 Å². The first-order chi connectivity index (χ1) is 15.5. The molecule has 0 radical (unpaired) electrons. The number of aromatic nitrogens is 3. The molecule has 0 fully saturated rings. The molecule has 0 spiro atoms. The Morgan fingerprint density at radius 2 is 2.00 bits per heavy atom. The second-order valence-corrected chi connectivity index (χ2v) is 7.45. The number of carbonyl (C=O) groups is 1. The third kappa shape index (κ3) is 4.67. The van der Waals surface area contributed by atoms with Crippen LogP contribution in [0.4, 0.5) is 18.9 Å². The number of hydrogen-bond donors (Lipinski definition) is 3. The van der Waals surface area contributed by atoms with E-state index >= 15 is 0 Å². The Bertz CT molecular complexity index is 1430. The smallest absolute Gasteiger partial charge is 0.323 e. The highest BCUT2D eigenvalue weighted by Crippen LogP contribution is 2.32. The lowest BCUT2D eigenvalue weighted by molar-refractivity contribution is -0.137. The van der Waals surface area contributed by atoms with Crippen LogP contribution in [0.3, 0.4) is 0 Å². The molecule has 0 unspecified atom stereocenters. The van der Waals surface area contributed by atoms with Gasteiger partial charge >= 0.3 is 6.18 Å². The highest BCUT2D eigenvalue weighted by Gasteiger charge is 2.31. The number of hydrogen-bond acceptors (Lipinski definition) is 6. The van der Waals surface area contributed by atoms with E-state index < -0.39 is 29.8 Å². The predicted octanol–water partition coefficient (Wildman–Crippen LogP) is 2.79. The number of fused-ring (bicyclic) bond motifs is 1. The molecule has 0 aliphatic heterocycles. The van der Waals surface area contributed by atoms with E-state index in [-0.39, 0.29) is 39.1 Å². The first-order valence-electron chi connectivity index (χ1n) is 9.59. The molecule has 12 heteroatoms. The lowest BCUT2D eigenvalue weighted by Gasteiger charge is -2.15. The van der Waals surface area contributed by atoms with E-state index in [1.54, 1.807) is 19.9 Å². The molecular formula is C21H18F3N7O2. The number of carbonyl (C=O) groups excluding carboxylic acids is 1. The molecule has 1 aromatic carbocycles. The molecule has 0 saturated heterocycles. The fourth-order valence-electron chi connectivity index (χ4n) is 3.23. The summed E-state index contributed by atoms with van der Waals surface area (Å²) < 4.78 is 41.3. The molecule has 1 amide bonds. The Balaban J connectivity index is 2.01. The average Bonchev–Trinajstić information content (AvgIpc) is 2.75. The molecule has 0 atom stereocenters. The molecule has 3 rings (SSSR count). The standard InChI is InChI=1S/C21H18F3N7O2/c1-11(2)18-16-6-13(21(22,23)24)3-4-15(16)20(33)31(29-18)9-17(32)28-14-5-12(7-25)19(27)30(8-14)10-26/h3-6,8,10-11,26-27H,9H2,1-2H3,(H,28,32). The van der Waals surface area contributed by atoms with Gasteiger partial charge in [-0.3, -0.25) is 25.0 Å². The monoisotopic (exact) mass is 457 g/mol. The van der Waals surface area contributed by atoms with Gasteiger partial charge in [0.15, 0.2) is 0 Å². The van der Waals surface area contributed by atoms with Gasteiger partial charge in [0.1, 0.15) is 18.1 Å². The van der Waals surface area contributed by atoms with Crippen molar-refractivity contribution in [2.24, 2.45) is 0 Å². The van der Waals surface area contributed by atoms with Gasteiger partial charge < -0.3 is 5.32 Å². The van der Waals surface area contributed by atoms with Crippen molar-refractivity contribution in [3.05, 3.63) is 63.1 Å². The summed E-state index contributed by atoms with van der Waals surface area (Å²) in [5.41, 5.74) is -1.61. The number of nitrogens with zero attached hydrogens (tertiary/aromatic N) is 4. The van der Waals surface area contributed by atoms with Crippen molar-refractivity contribution in [3.8, 4) is 6.07 Å². The maximum absolute atomic E-state index is 13.1. The van der Waals surface area contributed by atoms with Crippen molar-refractivity contribution < 1.29 is 18.0 Å². The molecule has 3 aromatic rings. The zero-order chi connectivity index (χ0) is 24.5. The highest BCUT2D eigenvalue weighted by atomic mass is 19.4. The molecule has 2 heterocycles. The van der Waals surface area contributed by atoms with E-state index in [0.717, 1.165) is 33.8 Å². The van der Waals surface area contributed by atoms with Crippen LogP contribution in [-0.2, 0) is 17.5 Å². The number of amides is 1. The molecule has 0 aliphatic carbocycles. The van der Waals surface area contributed by atoms with Crippen LogP contribution in [0, 0.1) is 22.1 Å². The molecule has 170 valence electrons. The number of nitrogens with one attached hydrogen (secondary N) is 3. The fraction of sp³-hybridized carbons (Fsp3) is 0.238. The third-order valence-electron chi connectivity index (χ3n) is 4.79. The molecule has 0 aliphatic rings. The van der Waals surface area contributed by atoms with Crippen LogP contribution in [0.2, 0.25) is 0 Å². The van der Waals surface area contributed by atoms with E-state index in [1.807, 2.05) is 0 Å². The molecule has 3 N–H and O–H groups in total. The fourth-order valence-corrected chi connectivity index (χ4v) is 3.23. The van der Waals surface area contributed by atoms with Crippen LogP contribution in [-0.4, -0.2) is 26.6 Å². The Morgan fingerprint density at radius 1 is 1.30 bits per heavy atom. The van der Waals surface area contributed by atoms with Crippen molar-refractivity contribution in [2.75, 3.05) is 5.32 Å². The predicted molar refractivity (Wildman–Crippen MR) is 113 cm³/mol. The second-order valence-electron chi connectivity index (χ2n) is 7.45. The van der Waals surface area contributed by atoms with Crippen LogP contribution in [0.15, 0.2) is 35.3 Å². The lowest BCUT2D eigenvalue weighted by atomic mass is 10.0. The van der Waals surface area contributed by atoms with Crippen LogP contribution in [0.25, 0.3) is 10.8 Å². The minimum Gasteiger partial charge on any atom is -0.323 e. The summed E-state index contributed by atoms with van der Waals surface area (Å²) in [5.74, 6) is -1.02. The number of rotatable bonds is 5. The summed E-state index contributed by atoms with van der Waals surface area (Å²) in [6.45, 7) is 2.88. The van der Waals surface area contributed by atoms with E-state index in [1.165, 1.54) is 12.3 Å². The largest absolute Gasteiger partial charge is 0.416 e. The van der Waals surface area contributed by atoms with Gasteiger partial charge in [0, 0.05) is 11.6 Å². The van der Waals surface area contributed by atoms with E-state index in [0.29, 0.717) is 0 Å². The quantitative estimate of drug-likeness (QED) is 0.400. The average molecular weight is 457 g/mol. The molecule has 9 nitrogen and oxygen atoms in total. The molecule has 33 heavy (non-hydrogen) atoms. The lowest BCUT2D eigenvalue weighted by Crippen LogP contribution is -2.31. The summed E-state index contributed by atoms with van der Waals surface area (Å²) in [6, 6.07) is 5.79. The first kappa shape index (κ1) is 23.4. The van der Waals surface area contributed by atoms with Crippen LogP contribution in [0.1, 0.15) is 36.6 Å². The number of anilines is 1. The third-order valence-corrected chi connectivity index (χ3v) is 4.79. The van der Waals surface area contributed by atoms with Gasteiger partial charge in [-0.05, 0) is 30.2 Å². The van der Waals surface area contributed by atoms with E-state index in [9.17, 15) is 22.8 Å². The summed E-state index contributed by atoms with van der Waals surface area (Å²) in [7, 11) is 0. The zero-order valence-electron chi connectivity index (χ0n) is 17.5.